The topological polar surface area (TPSA) is 121 Å². The predicted molar refractivity (Wildman–Crippen MR) is 92.9 cm³/mol. The number of aromatic nitrogens is 4. The first kappa shape index (κ1) is 15.9. The maximum atomic E-state index is 12.4. The summed E-state index contributed by atoms with van der Waals surface area (Å²) in [5, 5.41) is 18.9. The number of aromatic amines is 1. The van der Waals surface area contributed by atoms with E-state index in [-0.39, 0.29) is 11.3 Å². The smallest absolute Gasteiger partial charge is 0.354 e. The van der Waals surface area contributed by atoms with Crippen molar-refractivity contribution >= 4 is 17.6 Å². The number of rotatable bonds is 5. The highest BCUT2D eigenvalue weighted by atomic mass is 16.4. The highest BCUT2D eigenvalue weighted by molar-refractivity contribution is 6.05. The normalized spacial score (nSPS) is 13.4. The Morgan fingerprint density at radius 3 is 2.81 bits per heavy atom. The van der Waals surface area contributed by atoms with Crippen molar-refractivity contribution in [2.75, 3.05) is 5.32 Å². The second-order valence-electron chi connectivity index (χ2n) is 6.09. The largest absolute Gasteiger partial charge is 0.477 e. The number of benzene rings is 1. The highest BCUT2D eigenvalue weighted by Gasteiger charge is 2.27. The van der Waals surface area contributed by atoms with Crippen molar-refractivity contribution in [3.05, 3.63) is 59.7 Å². The van der Waals surface area contributed by atoms with Crippen LogP contribution in [0.25, 0.3) is 11.4 Å². The van der Waals surface area contributed by atoms with E-state index in [2.05, 4.69) is 25.5 Å². The number of H-pyrrole nitrogens is 1. The first-order valence-electron chi connectivity index (χ1n) is 8.13. The van der Waals surface area contributed by atoms with Crippen LogP contribution in [0.3, 0.4) is 0 Å². The number of hydrogen-bond donors (Lipinski definition) is 3. The summed E-state index contributed by atoms with van der Waals surface area (Å²) in [7, 11) is 0. The SMILES string of the molecule is O=C(Nc1cccc(-c2n[nH]c(C3CC3)n2)c1)c1ccnc(C(=O)O)c1. The third-order valence-electron chi connectivity index (χ3n) is 4.09. The van der Waals surface area contributed by atoms with E-state index in [0.29, 0.717) is 17.4 Å². The van der Waals surface area contributed by atoms with E-state index in [9.17, 15) is 9.59 Å². The van der Waals surface area contributed by atoms with Gasteiger partial charge in [0.05, 0.1) is 0 Å². The van der Waals surface area contributed by atoms with E-state index in [1.165, 1.54) is 18.3 Å². The molecule has 0 spiro atoms. The summed E-state index contributed by atoms with van der Waals surface area (Å²) in [6.07, 6.45) is 3.56. The van der Waals surface area contributed by atoms with Crippen molar-refractivity contribution in [3.63, 3.8) is 0 Å². The lowest BCUT2D eigenvalue weighted by Crippen LogP contribution is -2.13. The van der Waals surface area contributed by atoms with Gasteiger partial charge in [0.15, 0.2) is 5.82 Å². The molecule has 1 aliphatic rings. The Labute approximate surface area is 148 Å². The number of hydrogen-bond acceptors (Lipinski definition) is 5. The van der Waals surface area contributed by atoms with Crippen LogP contribution in [0.2, 0.25) is 0 Å². The Morgan fingerprint density at radius 2 is 2.04 bits per heavy atom. The number of nitrogens with one attached hydrogen (secondary N) is 2. The monoisotopic (exact) mass is 349 g/mol. The van der Waals surface area contributed by atoms with Crippen molar-refractivity contribution in [3.8, 4) is 11.4 Å². The van der Waals surface area contributed by atoms with E-state index in [4.69, 9.17) is 5.11 Å². The second-order valence-corrected chi connectivity index (χ2v) is 6.09. The fraction of sp³-hybridized carbons (Fsp3) is 0.167. The zero-order valence-electron chi connectivity index (χ0n) is 13.6. The highest BCUT2D eigenvalue weighted by Crippen LogP contribution is 2.38. The lowest BCUT2D eigenvalue weighted by molar-refractivity contribution is 0.0690. The molecule has 2 aromatic heterocycles. The number of carbonyl (C=O) groups excluding carboxylic acids is 1. The van der Waals surface area contributed by atoms with Gasteiger partial charge in [-0.3, -0.25) is 9.89 Å². The van der Waals surface area contributed by atoms with Crippen LogP contribution in [0.4, 0.5) is 5.69 Å². The molecule has 0 saturated heterocycles. The average Bonchev–Trinajstić information content (AvgIpc) is 3.39. The Bertz CT molecular complexity index is 994. The molecule has 0 aliphatic heterocycles. The van der Waals surface area contributed by atoms with Crippen LogP contribution in [-0.4, -0.2) is 37.1 Å². The summed E-state index contributed by atoms with van der Waals surface area (Å²) in [6.45, 7) is 0. The summed E-state index contributed by atoms with van der Waals surface area (Å²) < 4.78 is 0. The number of carbonyl (C=O) groups is 2. The van der Waals surface area contributed by atoms with E-state index in [0.717, 1.165) is 24.2 Å². The van der Waals surface area contributed by atoms with E-state index >= 15 is 0 Å². The fourth-order valence-corrected chi connectivity index (χ4v) is 2.57. The molecule has 8 nitrogen and oxygen atoms in total. The van der Waals surface area contributed by atoms with Crippen LogP contribution < -0.4 is 5.32 Å². The molecule has 0 bridgehead atoms. The number of nitrogens with zero attached hydrogens (tertiary/aromatic N) is 3. The number of amides is 1. The molecule has 2 heterocycles. The molecule has 130 valence electrons. The number of anilines is 1. The van der Waals surface area contributed by atoms with Crippen molar-refractivity contribution in [1.82, 2.24) is 20.2 Å². The molecule has 26 heavy (non-hydrogen) atoms. The van der Waals surface area contributed by atoms with Gasteiger partial charge in [0.25, 0.3) is 5.91 Å². The Hall–Kier alpha value is -3.55. The van der Waals surface area contributed by atoms with Gasteiger partial charge in [-0.25, -0.2) is 14.8 Å². The number of aromatic carboxylic acids is 1. The number of carboxylic acids is 1. The molecule has 3 aromatic rings. The van der Waals surface area contributed by atoms with Gasteiger partial charge in [-0.05, 0) is 37.1 Å². The maximum absolute atomic E-state index is 12.4. The van der Waals surface area contributed by atoms with E-state index in [1.807, 2.05) is 6.07 Å². The molecule has 3 N–H and O–H groups in total. The molecular formula is C18H15N5O3. The molecule has 1 amide bonds. The second kappa shape index (κ2) is 6.40. The third-order valence-corrected chi connectivity index (χ3v) is 4.09. The quantitative estimate of drug-likeness (QED) is 0.651. The summed E-state index contributed by atoms with van der Waals surface area (Å²) >= 11 is 0. The van der Waals surface area contributed by atoms with Gasteiger partial charge in [0.2, 0.25) is 0 Å². The minimum Gasteiger partial charge on any atom is -0.477 e. The first-order chi connectivity index (χ1) is 12.6. The van der Waals surface area contributed by atoms with Crippen molar-refractivity contribution in [2.24, 2.45) is 0 Å². The zero-order chi connectivity index (χ0) is 18.1. The van der Waals surface area contributed by atoms with Gasteiger partial charge in [0, 0.05) is 28.9 Å². The van der Waals surface area contributed by atoms with Crippen LogP contribution >= 0.6 is 0 Å². The number of pyridine rings is 1. The van der Waals surface area contributed by atoms with Crippen LogP contribution in [0, 0.1) is 0 Å². The van der Waals surface area contributed by atoms with Gasteiger partial charge in [0.1, 0.15) is 11.5 Å². The number of carboxylic acid groups (broad SMARTS) is 1. The summed E-state index contributed by atoms with van der Waals surface area (Å²) in [5.74, 6) is 0.361. The molecule has 1 aromatic carbocycles. The molecule has 8 heteroatoms. The van der Waals surface area contributed by atoms with Gasteiger partial charge in [-0.15, -0.1) is 0 Å². The predicted octanol–water partition coefficient (Wildman–Crippen LogP) is 2.69. The minimum atomic E-state index is -1.18. The molecule has 4 rings (SSSR count). The minimum absolute atomic E-state index is 0.181. The van der Waals surface area contributed by atoms with Crippen molar-refractivity contribution < 1.29 is 14.7 Å². The standard InChI is InChI=1S/C18H15N5O3/c24-17(12-6-7-19-14(9-12)18(25)26)20-13-3-1-2-11(8-13)16-21-15(22-23-16)10-4-5-10/h1-3,6-10H,4-5H2,(H,20,24)(H,25,26)(H,21,22,23). The zero-order valence-corrected chi connectivity index (χ0v) is 13.6. The Balaban J connectivity index is 1.53. The molecule has 0 atom stereocenters. The third kappa shape index (κ3) is 3.30. The summed E-state index contributed by atoms with van der Waals surface area (Å²) in [5.41, 5.74) is 1.39. The molecular weight excluding hydrogens is 334 g/mol. The van der Waals surface area contributed by atoms with Gasteiger partial charge >= 0.3 is 5.97 Å². The lowest BCUT2D eigenvalue weighted by atomic mass is 10.1. The van der Waals surface area contributed by atoms with Crippen molar-refractivity contribution in [2.45, 2.75) is 18.8 Å². The first-order valence-corrected chi connectivity index (χ1v) is 8.13. The maximum Gasteiger partial charge on any atom is 0.354 e. The van der Waals surface area contributed by atoms with Crippen molar-refractivity contribution in [1.29, 1.82) is 0 Å². The molecule has 0 unspecified atom stereocenters. The van der Waals surface area contributed by atoms with E-state index in [1.54, 1.807) is 18.2 Å². The Kier molecular flexibility index (Phi) is 3.92. The lowest BCUT2D eigenvalue weighted by Gasteiger charge is -2.06. The van der Waals surface area contributed by atoms with Crippen LogP contribution in [-0.2, 0) is 0 Å². The van der Waals surface area contributed by atoms with E-state index < -0.39 is 11.9 Å². The summed E-state index contributed by atoms with van der Waals surface area (Å²) in [4.78, 5) is 31.6. The molecule has 1 fully saturated rings. The Morgan fingerprint density at radius 1 is 1.19 bits per heavy atom. The van der Waals surface area contributed by atoms with Gasteiger partial charge < -0.3 is 10.4 Å². The molecule has 1 saturated carbocycles. The van der Waals surface area contributed by atoms with Crippen LogP contribution in [0.15, 0.2) is 42.6 Å². The van der Waals surface area contributed by atoms with Gasteiger partial charge in [-0.2, -0.15) is 5.10 Å². The van der Waals surface area contributed by atoms with Gasteiger partial charge in [-0.1, -0.05) is 12.1 Å². The fourth-order valence-electron chi connectivity index (χ4n) is 2.57. The van der Waals surface area contributed by atoms with Crippen LogP contribution in [0.1, 0.15) is 45.4 Å². The molecule has 0 radical (unpaired) electrons. The average molecular weight is 349 g/mol. The van der Waals surface area contributed by atoms with Crippen LogP contribution in [0.5, 0.6) is 0 Å². The summed E-state index contributed by atoms with van der Waals surface area (Å²) in [6, 6.07) is 9.88. The molecule has 1 aliphatic carbocycles.